The number of aromatic nitrogens is 1. The third kappa shape index (κ3) is 4.46. The molecule has 0 fully saturated rings. The molecule has 0 bridgehead atoms. The lowest BCUT2D eigenvalue weighted by molar-refractivity contribution is -0.141. The minimum atomic E-state index is -4.43. The Morgan fingerprint density at radius 3 is 2.43 bits per heavy atom. The first-order valence-electron chi connectivity index (χ1n) is 6.55. The molecule has 1 aromatic heterocycles. The topological polar surface area (TPSA) is 50.9 Å². The fourth-order valence-corrected chi connectivity index (χ4v) is 1.91. The van der Waals surface area contributed by atoms with Crippen molar-refractivity contribution in [2.75, 3.05) is 11.9 Å². The molecule has 3 nitrogen and oxygen atoms in total. The Morgan fingerprint density at radius 1 is 1.05 bits per heavy atom. The van der Waals surface area contributed by atoms with Crippen molar-refractivity contribution in [2.45, 2.75) is 18.6 Å². The second-order valence-corrected chi connectivity index (χ2v) is 4.64. The number of nitrogens with one attached hydrogen (secondary N) is 1. The summed E-state index contributed by atoms with van der Waals surface area (Å²) in [6, 6.07) is 13.2. The van der Waals surface area contributed by atoms with Crippen molar-refractivity contribution in [1.82, 2.24) is 4.98 Å². The number of hydrogen-bond donors (Lipinski definition) is 2. The fourth-order valence-electron chi connectivity index (χ4n) is 1.91. The maximum absolute atomic E-state index is 12.5. The minimum Gasteiger partial charge on any atom is -0.370 e. The van der Waals surface area contributed by atoms with Crippen LogP contribution in [0.1, 0.15) is 23.7 Å². The van der Waals surface area contributed by atoms with Gasteiger partial charge in [-0.25, -0.2) is 4.98 Å². The van der Waals surface area contributed by atoms with Crippen LogP contribution in [0.3, 0.4) is 0 Å². The van der Waals surface area contributed by atoms with Crippen LogP contribution in [-0.4, -0.2) is 11.5 Å². The standard InChI is InChI=1S/C15H16F3N3/c16-15(17,18)13-7-4-8-14(21-13)20-10-9-12(19)11-5-2-1-3-6-11/h1-8,12H,9-10,19H2,(H,20,21). The van der Waals surface area contributed by atoms with Gasteiger partial charge in [0.1, 0.15) is 11.5 Å². The van der Waals surface area contributed by atoms with Gasteiger partial charge in [-0.1, -0.05) is 36.4 Å². The summed E-state index contributed by atoms with van der Waals surface area (Å²) < 4.78 is 37.6. The molecular weight excluding hydrogens is 279 g/mol. The van der Waals surface area contributed by atoms with E-state index in [1.54, 1.807) is 0 Å². The van der Waals surface area contributed by atoms with E-state index in [9.17, 15) is 13.2 Å². The molecule has 1 aromatic carbocycles. The molecule has 0 saturated carbocycles. The lowest BCUT2D eigenvalue weighted by Crippen LogP contribution is -2.16. The van der Waals surface area contributed by atoms with Gasteiger partial charge in [-0.3, -0.25) is 0 Å². The van der Waals surface area contributed by atoms with Crippen LogP contribution in [0.5, 0.6) is 0 Å². The van der Waals surface area contributed by atoms with E-state index in [1.807, 2.05) is 30.3 Å². The molecule has 112 valence electrons. The minimum absolute atomic E-state index is 0.163. The summed E-state index contributed by atoms with van der Waals surface area (Å²) in [5, 5.41) is 2.87. The highest BCUT2D eigenvalue weighted by atomic mass is 19.4. The Morgan fingerprint density at radius 2 is 1.76 bits per heavy atom. The van der Waals surface area contributed by atoms with Gasteiger partial charge in [0, 0.05) is 12.6 Å². The van der Waals surface area contributed by atoms with Gasteiger partial charge in [0.15, 0.2) is 0 Å². The lowest BCUT2D eigenvalue weighted by atomic mass is 10.1. The van der Waals surface area contributed by atoms with E-state index in [0.29, 0.717) is 13.0 Å². The van der Waals surface area contributed by atoms with E-state index in [1.165, 1.54) is 12.1 Å². The molecule has 0 amide bonds. The van der Waals surface area contributed by atoms with Crippen molar-refractivity contribution in [2.24, 2.45) is 5.73 Å². The van der Waals surface area contributed by atoms with Gasteiger partial charge in [-0.2, -0.15) is 13.2 Å². The van der Waals surface area contributed by atoms with Gasteiger partial charge >= 0.3 is 6.18 Å². The Bertz CT molecular complexity index is 570. The van der Waals surface area contributed by atoms with E-state index in [-0.39, 0.29) is 11.9 Å². The third-order valence-electron chi connectivity index (χ3n) is 3.03. The maximum Gasteiger partial charge on any atom is 0.433 e. The summed E-state index contributed by atoms with van der Waals surface area (Å²) >= 11 is 0. The number of nitrogens with two attached hydrogens (primary N) is 1. The summed E-state index contributed by atoms with van der Waals surface area (Å²) in [4.78, 5) is 3.54. The Labute approximate surface area is 121 Å². The van der Waals surface area contributed by atoms with E-state index in [4.69, 9.17) is 5.73 Å². The molecule has 1 unspecified atom stereocenters. The first kappa shape index (κ1) is 15.3. The highest BCUT2D eigenvalue weighted by molar-refractivity contribution is 5.36. The van der Waals surface area contributed by atoms with Crippen LogP contribution in [0.15, 0.2) is 48.5 Å². The molecule has 21 heavy (non-hydrogen) atoms. The lowest BCUT2D eigenvalue weighted by Gasteiger charge is -2.13. The van der Waals surface area contributed by atoms with Crippen LogP contribution in [-0.2, 0) is 6.18 Å². The zero-order valence-corrected chi connectivity index (χ0v) is 11.3. The Balaban J connectivity index is 1.89. The normalized spacial score (nSPS) is 13.0. The van der Waals surface area contributed by atoms with Gasteiger partial charge in [0.05, 0.1) is 0 Å². The summed E-state index contributed by atoms with van der Waals surface area (Å²) in [5.41, 5.74) is 6.11. The van der Waals surface area contributed by atoms with E-state index in [2.05, 4.69) is 10.3 Å². The first-order valence-corrected chi connectivity index (χ1v) is 6.55. The first-order chi connectivity index (χ1) is 9.97. The number of halogens is 3. The zero-order valence-electron chi connectivity index (χ0n) is 11.3. The largest absolute Gasteiger partial charge is 0.433 e. The number of pyridine rings is 1. The van der Waals surface area contributed by atoms with E-state index >= 15 is 0 Å². The fraction of sp³-hybridized carbons (Fsp3) is 0.267. The second kappa shape index (κ2) is 6.58. The highest BCUT2D eigenvalue weighted by Crippen LogP contribution is 2.28. The molecule has 0 aliphatic rings. The number of anilines is 1. The monoisotopic (exact) mass is 295 g/mol. The molecule has 0 spiro atoms. The molecule has 0 aliphatic carbocycles. The molecule has 6 heteroatoms. The molecule has 0 aliphatic heterocycles. The average Bonchev–Trinajstić information content (AvgIpc) is 2.47. The van der Waals surface area contributed by atoms with Crippen molar-refractivity contribution in [3.63, 3.8) is 0 Å². The van der Waals surface area contributed by atoms with Crippen molar-refractivity contribution >= 4 is 5.82 Å². The highest BCUT2D eigenvalue weighted by Gasteiger charge is 2.32. The molecule has 0 saturated heterocycles. The van der Waals surface area contributed by atoms with Crippen molar-refractivity contribution < 1.29 is 13.2 Å². The number of benzene rings is 1. The van der Waals surface area contributed by atoms with Crippen LogP contribution in [0.25, 0.3) is 0 Å². The van der Waals surface area contributed by atoms with Crippen LogP contribution < -0.4 is 11.1 Å². The summed E-state index contributed by atoms with van der Waals surface area (Å²) in [6.07, 6.45) is -3.83. The van der Waals surface area contributed by atoms with Crippen LogP contribution in [0, 0.1) is 0 Å². The zero-order chi connectivity index (χ0) is 15.3. The SMILES string of the molecule is NC(CCNc1cccc(C(F)(F)F)n1)c1ccccc1. The molecule has 3 N–H and O–H groups in total. The number of alkyl halides is 3. The van der Waals surface area contributed by atoms with Crippen molar-refractivity contribution in [3.05, 3.63) is 59.8 Å². The quantitative estimate of drug-likeness (QED) is 0.886. The number of hydrogen-bond acceptors (Lipinski definition) is 3. The molecule has 1 atom stereocenters. The summed E-state index contributed by atoms with van der Waals surface area (Å²) in [7, 11) is 0. The molecule has 2 aromatic rings. The van der Waals surface area contributed by atoms with Gasteiger partial charge < -0.3 is 11.1 Å². The van der Waals surface area contributed by atoms with Gasteiger partial charge in [-0.15, -0.1) is 0 Å². The Hall–Kier alpha value is -2.08. The van der Waals surface area contributed by atoms with Crippen molar-refractivity contribution in [1.29, 1.82) is 0 Å². The second-order valence-electron chi connectivity index (χ2n) is 4.64. The number of nitrogens with zero attached hydrogens (tertiary/aromatic N) is 1. The van der Waals surface area contributed by atoms with Crippen molar-refractivity contribution in [3.8, 4) is 0 Å². The maximum atomic E-state index is 12.5. The van der Waals surface area contributed by atoms with Gasteiger partial charge in [0.2, 0.25) is 0 Å². The smallest absolute Gasteiger partial charge is 0.370 e. The summed E-state index contributed by atoms with van der Waals surface area (Å²) in [6.45, 7) is 0.449. The molecule has 1 heterocycles. The molecule has 0 radical (unpaired) electrons. The predicted molar refractivity (Wildman–Crippen MR) is 75.7 cm³/mol. The predicted octanol–water partition coefficient (Wildman–Crippen LogP) is 3.60. The van der Waals surface area contributed by atoms with E-state index in [0.717, 1.165) is 11.6 Å². The van der Waals surface area contributed by atoms with Crippen LogP contribution in [0.4, 0.5) is 19.0 Å². The summed E-state index contributed by atoms with van der Waals surface area (Å²) in [5.74, 6) is 0.199. The number of rotatable bonds is 5. The van der Waals surface area contributed by atoms with E-state index < -0.39 is 11.9 Å². The average molecular weight is 295 g/mol. The Kier molecular flexibility index (Phi) is 4.80. The van der Waals surface area contributed by atoms with Gasteiger partial charge in [0.25, 0.3) is 0 Å². The molecule has 2 rings (SSSR count). The van der Waals surface area contributed by atoms with Crippen LogP contribution >= 0.6 is 0 Å². The van der Waals surface area contributed by atoms with Gasteiger partial charge in [-0.05, 0) is 24.1 Å². The third-order valence-corrected chi connectivity index (χ3v) is 3.03. The molecular formula is C15H16F3N3. The van der Waals surface area contributed by atoms with Crippen LogP contribution in [0.2, 0.25) is 0 Å².